The van der Waals surface area contributed by atoms with Gasteiger partial charge in [0, 0.05) is 29.0 Å². The van der Waals surface area contributed by atoms with Gasteiger partial charge in [-0.1, -0.05) is 30.7 Å². The Bertz CT molecular complexity index is 538. The molecule has 0 spiro atoms. The predicted molar refractivity (Wildman–Crippen MR) is 78.2 cm³/mol. The zero-order chi connectivity index (χ0) is 13.0. The molecular weight excluding hydrogens is 244 g/mol. The fourth-order valence-electron chi connectivity index (χ4n) is 1.72. The molecular formula is C15H17ClN2. The Morgan fingerprint density at radius 2 is 2.06 bits per heavy atom. The molecule has 18 heavy (non-hydrogen) atoms. The van der Waals surface area contributed by atoms with Crippen LogP contribution in [-0.2, 0) is 0 Å². The summed E-state index contributed by atoms with van der Waals surface area (Å²) in [5, 5.41) is 4.14. The third kappa shape index (κ3) is 3.02. The molecule has 0 saturated carbocycles. The Labute approximate surface area is 113 Å². The van der Waals surface area contributed by atoms with Crippen molar-refractivity contribution in [3.05, 3.63) is 47.1 Å². The summed E-state index contributed by atoms with van der Waals surface area (Å²) in [4.78, 5) is 4.39. The van der Waals surface area contributed by atoms with E-state index in [1.165, 1.54) is 0 Å². The highest BCUT2D eigenvalue weighted by Crippen LogP contribution is 2.25. The molecule has 0 aliphatic heterocycles. The van der Waals surface area contributed by atoms with Gasteiger partial charge in [-0.2, -0.15) is 0 Å². The molecule has 94 valence electrons. The maximum Gasteiger partial charge on any atom is 0.0723 e. The number of nitrogens with one attached hydrogen (secondary N) is 1. The van der Waals surface area contributed by atoms with E-state index >= 15 is 0 Å². The van der Waals surface area contributed by atoms with Gasteiger partial charge in [-0.25, -0.2) is 0 Å². The van der Waals surface area contributed by atoms with E-state index in [9.17, 15) is 0 Å². The van der Waals surface area contributed by atoms with Gasteiger partial charge in [0.25, 0.3) is 0 Å². The molecule has 0 fully saturated rings. The first kappa shape index (κ1) is 12.9. The van der Waals surface area contributed by atoms with E-state index in [2.05, 4.69) is 23.3 Å². The summed E-state index contributed by atoms with van der Waals surface area (Å²) >= 11 is 6.14. The zero-order valence-corrected chi connectivity index (χ0v) is 11.5. The highest BCUT2D eigenvalue weighted by molar-refractivity contribution is 6.31. The lowest BCUT2D eigenvalue weighted by molar-refractivity contribution is 0.979. The third-order valence-corrected chi connectivity index (χ3v) is 3.21. The molecule has 0 aliphatic rings. The summed E-state index contributed by atoms with van der Waals surface area (Å²) in [7, 11) is 0. The van der Waals surface area contributed by atoms with Crippen LogP contribution in [0.3, 0.4) is 0 Å². The first-order valence-electron chi connectivity index (χ1n) is 6.17. The number of rotatable bonds is 4. The minimum Gasteiger partial charge on any atom is -0.385 e. The normalized spacial score (nSPS) is 10.4. The predicted octanol–water partition coefficient (Wildman–Crippen LogP) is 4.53. The summed E-state index contributed by atoms with van der Waals surface area (Å²) in [5.74, 6) is 0. The Morgan fingerprint density at radius 1 is 1.22 bits per heavy atom. The number of halogens is 1. The second kappa shape index (κ2) is 5.87. The number of aromatic nitrogens is 1. The highest BCUT2D eigenvalue weighted by atomic mass is 35.5. The number of hydrogen-bond donors (Lipinski definition) is 1. The van der Waals surface area contributed by atoms with E-state index in [4.69, 9.17) is 11.6 Å². The van der Waals surface area contributed by atoms with Crippen molar-refractivity contribution in [3.63, 3.8) is 0 Å². The SMILES string of the molecule is CCCNc1ccnc(-c2ccc(C)c(Cl)c2)c1. The van der Waals surface area contributed by atoms with Crippen LogP contribution >= 0.6 is 11.6 Å². The topological polar surface area (TPSA) is 24.9 Å². The molecule has 0 amide bonds. The summed E-state index contributed by atoms with van der Waals surface area (Å²) < 4.78 is 0. The maximum atomic E-state index is 6.14. The van der Waals surface area contributed by atoms with Crippen molar-refractivity contribution in [2.24, 2.45) is 0 Å². The molecule has 0 unspecified atom stereocenters. The van der Waals surface area contributed by atoms with Crippen LogP contribution in [-0.4, -0.2) is 11.5 Å². The third-order valence-electron chi connectivity index (χ3n) is 2.81. The molecule has 0 saturated heterocycles. The Morgan fingerprint density at radius 3 is 2.78 bits per heavy atom. The highest BCUT2D eigenvalue weighted by Gasteiger charge is 2.03. The van der Waals surface area contributed by atoms with Crippen molar-refractivity contribution >= 4 is 17.3 Å². The van der Waals surface area contributed by atoms with Gasteiger partial charge in [0.1, 0.15) is 0 Å². The van der Waals surface area contributed by atoms with Crippen molar-refractivity contribution in [2.75, 3.05) is 11.9 Å². The lowest BCUT2D eigenvalue weighted by Crippen LogP contribution is -1.99. The number of anilines is 1. The largest absolute Gasteiger partial charge is 0.385 e. The second-order valence-electron chi connectivity index (χ2n) is 4.32. The van der Waals surface area contributed by atoms with Gasteiger partial charge < -0.3 is 5.32 Å². The van der Waals surface area contributed by atoms with E-state index in [1.807, 2.05) is 37.4 Å². The smallest absolute Gasteiger partial charge is 0.0723 e. The van der Waals surface area contributed by atoms with Crippen LogP contribution in [0.1, 0.15) is 18.9 Å². The molecule has 0 aliphatic carbocycles. The second-order valence-corrected chi connectivity index (χ2v) is 4.73. The minimum absolute atomic E-state index is 0.779. The molecule has 2 aromatic rings. The van der Waals surface area contributed by atoms with Crippen molar-refractivity contribution in [1.82, 2.24) is 4.98 Å². The molecule has 0 atom stereocenters. The van der Waals surface area contributed by atoms with Crippen LogP contribution in [0.4, 0.5) is 5.69 Å². The zero-order valence-electron chi connectivity index (χ0n) is 10.7. The van der Waals surface area contributed by atoms with Gasteiger partial charge in [-0.05, 0) is 37.1 Å². The average Bonchev–Trinajstić information content (AvgIpc) is 2.40. The number of nitrogens with zero attached hydrogens (tertiary/aromatic N) is 1. The van der Waals surface area contributed by atoms with Gasteiger partial charge >= 0.3 is 0 Å². The van der Waals surface area contributed by atoms with Crippen molar-refractivity contribution in [1.29, 1.82) is 0 Å². The van der Waals surface area contributed by atoms with E-state index in [-0.39, 0.29) is 0 Å². The van der Waals surface area contributed by atoms with Gasteiger partial charge in [0.05, 0.1) is 5.69 Å². The Balaban J connectivity index is 2.29. The maximum absolute atomic E-state index is 6.14. The number of hydrogen-bond acceptors (Lipinski definition) is 2. The molecule has 3 heteroatoms. The van der Waals surface area contributed by atoms with Gasteiger partial charge in [0.15, 0.2) is 0 Å². The van der Waals surface area contributed by atoms with Crippen LogP contribution in [0, 0.1) is 6.92 Å². The molecule has 1 N–H and O–H groups in total. The van der Waals surface area contributed by atoms with Crippen LogP contribution in [0.2, 0.25) is 5.02 Å². The van der Waals surface area contributed by atoms with Crippen molar-refractivity contribution in [3.8, 4) is 11.3 Å². The first-order valence-corrected chi connectivity index (χ1v) is 6.55. The number of pyridine rings is 1. The molecule has 1 aromatic heterocycles. The summed E-state index contributed by atoms with van der Waals surface area (Å²) in [6.07, 6.45) is 2.93. The fraction of sp³-hybridized carbons (Fsp3) is 0.267. The first-order chi connectivity index (χ1) is 8.70. The summed E-state index contributed by atoms with van der Waals surface area (Å²) in [6, 6.07) is 10.1. The van der Waals surface area contributed by atoms with Crippen LogP contribution in [0.15, 0.2) is 36.5 Å². The lowest BCUT2D eigenvalue weighted by Gasteiger charge is -2.07. The number of aryl methyl sites for hydroxylation is 1. The lowest BCUT2D eigenvalue weighted by atomic mass is 10.1. The van der Waals surface area contributed by atoms with Crippen molar-refractivity contribution < 1.29 is 0 Å². The van der Waals surface area contributed by atoms with Gasteiger partial charge in [-0.3, -0.25) is 4.98 Å². The van der Waals surface area contributed by atoms with Crippen LogP contribution in [0.25, 0.3) is 11.3 Å². The van der Waals surface area contributed by atoms with Crippen LogP contribution in [0.5, 0.6) is 0 Å². The van der Waals surface area contributed by atoms with E-state index in [1.54, 1.807) is 0 Å². The Hall–Kier alpha value is -1.54. The summed E-state index contributed by atoms with van der Waals surface area (Å²) in [6.45, 7) is 5.12. The molecule has 1 aromatic carbocycles. The van der Waals surface area contributed by atoms with E-state index in [0.29, 0.717) is 0 Å². The summed E-state index contributed by atoms with van der Waals surface area (Å²) in [5.41, 5.74) is 4.17. The molecule has 2 nitrogen and oxygen atoms in total. The molecule has 2 rings (SSSR count). The molecule has 0 bridgehead atoms. The number of benzene rings is 1. The van der Waals surface area contributed by atoms with E-state index < -0.39 is 0 Å². The molecule has 1 heterocycles. The quantitative estimate of drug-likeness (QED) is 0.873. The van der Waals surface area contributed by atoms with Crippen molar-refractivity contribution in [2.45, 2.75) is 20.3 Å². The Kier molecular flexibility index (Phi) is 4.21. The standard InChI is InChI=1S/C15H17ClN2/c1-3-7-17-13-6-8-18-15(10-13)12-5-4-11(2)14(16)9-12/h4-6,8-10H,3,7H2,1-2H3,(H,17,18). The van der Waals surface area contributed by atoms with E-state index in [0.717, 1.165) is 40.5 Å². The van der Waals surface area contributed by atoms with Crippen LogP contribution < -0.4 is 5.32 Å². The molecule has 0 radical (unpaired) electrons. The van der Waals surface area contributed by atoms with Gasteiger partial charge in [-0.15, -0.1) is 0 Å². The average molecular weight is 261 g/mol. The fourth-order valence-corrected chi connectivity index (χ4v) is 1.90. The van der Waals surface area contributed by atoms with Gasteiger partial charge in [0.2, 0.25) is 0 Å². The monoisotopic (exact) mass is 260 g/mol. The minimum atomic E-state index is 0.779.